The highest BCUT2D eigenvalue weighted by Gasteiger charge is 2.16. The SMILES string of the molecule is CCn1ncnc1[C@H](C)NC(=O)c1cccc(C(C)=O)c1. The van der Waals surface area contributed by atoms with Gasteiger partial charge in [0.25, 0.3) is 5.91 Å². The Kier molecular flexibility index (Phi) is 4.47. The van der Waals surface area contributed by atoms with Gasteiger partial charge >= 0.3 is 0 Å². The Balaban J connectivity index is 2.14. The van der Waals surface area contributed by atoms with Gasteiger partial charge in [-0.25, -0.2) is 9.67 Å². The summed E-state index contributed by atoms with van der Waals surface area (Å²) in [5, 5.41) is 6.95. The van der Waals surface area contributed by atoms with Gasteiger partial charge in [0.2, 0.25) is 0 Å². The third-order valence-electron chi connectivity index (χ3n) is 3.21. The van der Waals surface area contributed by atoms with Gasteiger partial charge in [-0.15, -0.1) is 0 Å². The summed E-state index contributed by atoms with van der Waals surface area (Å²) in [5.41, 5.74) is 0.976. The van der Waals surface area contributed by atoms with Gasteiger partial charge in [-0.1, -0.05) is 12.1 Å². The molecule has 2 rings (SSSR count). The van der Waals surface area contributed by atoms with Crippen LogP contribution in [0.15, 0.2) is 30.6 Å². The molecular formula is C15H18N4O2. The van der Waals surface area contributed by atoms with E-state index in [9.17, 15) is 9.59 Å². The third-order valence-corrected chi connectivity index (χ3v) is 3.21. The summed E-state index contributed by atoms with van der Waals surface area (Å²) >= 11 is 0. The maximum Gasteiger partial charge on any atom is 0.251 e. The smallest absolute Gasteiger partial charge is 0.251 e. The quantitative estimate of drug-likeness (QED) is 0.853. The van der Waals surface area contributed by atoms with E-state index in [1.807, 2.05) is 13.8 Å². The molecule has 6 nitrogen and oxygen atoms in total. The van der Waals surface area contributed by atoms with Crippen LogP contribution in [0.5, 0.6) is 0 Å². The molecule has 0 saturated heterocycles. The zero-order valence-electron chi connectivity index (χ0n) is 12.3. The lowest BCUT2D eigenvalue weighted by Crippen LogP contribution is -2.29. The van der Waals surface area contributed by atoms with Gasteiger partial charge < -0.3 is 5.32 Å². The second kappa shape index (κ2) is 6.30. The molecule has 0 aliphatic rings. The van der Waals surface area contributed by atoms with Crippen LogP contribution in [-0.4, -0.2) is 26.5 Å². The van der Waals surface area contributed by atoms with Crippen LogP contribution in [0.4, 0.5) is 0 Å². The van der Waals surface area contributed by atoms with E-state index in [2.05, 4.69) is 15.4 Å². The largest absolute Gasteiger partial charge is 0.342 e. The fraction of sp³-hybridized carbons (Fsp3) is 0.333. The van der Waals surface area contributed by atoms with Crippen molar-refractivity contribution in [1.82, 2.24) is 20.1 Å². The number of ketones is 1. The first-order chi connectivity index (χ1) is 10.0. The van der Waals surface area contributed by atoms with Gasteiger partial charge in [-0.2, -0.15) is 5.10 Å². The molecule has 6 heteroatoms. The molecule has 0 radical (unpaired) electrons. The zero-order valence-corrected chi connectivity index (χ0v) is 12.3. The lowest BCUT2D eigenvalue weighted by atomic mass is 10.1. The van der Waals surface area contributed by atoms with Crippen molar-refractivity contribution in [1.29, 1.82) is 0 Å². The normalized spacial score (nSPS) is 12.0. The number of carbonyl (C=O) groups excluding carboxylic acids is 2. The van der Waals surface area contributed by atoms with Crippen molar-refractivity contribution in [3.63, 3.8) is 0 Å². The van der Waals surface area contributed by atoms with E-state index in [1.165, 1.54) is 13.3 Å². The van der Waals surface area contributed by atoms with Crippen molar-refractivity contribution in [2.45, 2.75) is 33.4 Å². The summed E-state index contributed by atoms with van der Waals surface area (Å²) in [7, 11) is 0. The molecule has 0 spiro atoms. The first-order valence-corrected chi connectivity index (χ1v) is 6.82. The van der Waals surface area contributed by atoms with Crippen LogP contribution in [0, 0.1) is 0 Å². The van der Waals surface area contributed by atoms with E-state index in [4.69, 9.17) is 0 Å². The molecule has 0 aliphatic carbocycles. The maximum absolute atomic E-state index is 12.2. The van der Waals surface area contributed by atoms with Gasteiger partial charge in [0.05, 0.1) is 6.04 Å². The number of amides is 1. The van der Waals surface area contributed by atoms with Crippen LogP contribution < -0.4 is 5.32 Å². The molecule has 0 aliphatic heterocycles. The Labute approximate surface area is 123 Å². The van der Waals surface area contributed by atoms with Gasteiger partial charge in [0.15, 0.2) is 5.78 Å². The van der Waals surface area contributed by atoms with Crippen molar-refractivity contribution < 1.29 is 9.59 Å². The molecule has 21 heavy (non-hydrogen) atoms. The van der Waals surface area contributed by atoms with Crippen LogP contribution in [0.2, 0.25) is 0 Å². The lowest BCUT2D eigenvalue weighted by Gasteiger charge is -2.14. The molecule has 0 unspecified atom stereocenters. The number of rotatable bonds is 5. The number of Topliss-reactive ketones (excluding diaryl/α,β-unsaturated/α-hetero) is 1. The van der Waals surface area contributed by atoms with Gasteiger partial charge in [0, 0.05) is 17.7 Å². The van der Waals surface area contributed by atoms with Crippen LogP contribution in [0.25, 0.3) is 0 Å². The predicted octanol–water partition coefficient (Wildman–Crippen LogP) is 1.99. The second-order valence-electron chi connectivity index (χ2n) is 4.77. The Bertz CT molecular complexity index is 663. The Hall–Kier alpha value is -2.50. The molecule has 0 bridgehead atoms. The minimum Gasteiger partial charge on any atom is -0.342 e. The summed E-state index contributed by atoms with van der Waals surface area (Å²) in [6, 6.07) is 6.40. The van der Waals surface area contributed by atoms with Crippen LogP contribution in [-0.2, 0) is 6.54 Å². The monoisotopic (exact) mass is 286 g/mol. The Morgan fingerprint density at radius 2 is 2.05 bits per heavy atom. The number of hydrogen-bond donors (Lipinski definition) is 1. The fourth-order valence-corrected chi connectivity index (χ4v) is 2.08. The van der Waals surface area contributed by atoms with E-state index >= 15 is 0 Å². The van der Waals surface area contributed by atoms with E-state index in [1.54, 1.807) is 28.9 Å². The van der Waals surface area contributed by atoms with Crippen LogP contribution in [0.1, 0.15) is 53.4 Å². The molecule has 1 N–H and O–H groups in total. The van der Waals surface area contributed by atoms with Crippen molar-refractivity contribution in [3.05, 3.63) is 47.5 Å². The fourth-order valence-electron chi connectivity index (χ4n) is 2.08. The van der Waals surface area contributed by atoms with Gasteiger partial charge in [-0.05, 0) is 32.9 Å². The van der Waals surface area contributed by atoms with Gasteiger partial charge in [0.1, 0.15) is 12.2 Å². The number of benzene rings is 1. The molecular weight excluding hydrogens is 268 g/mol. The first-order valence-electron chi connectivity index (χ1n) is 6.82. The number of aromatic nitrogens is 3. The maximum atomic E-state index is 12.2. The summed E-state index contributed by atoms with van der Waals surface area (Å²) in [6.07, 6.45) is 1.47. The molecule has 1 aromatic heterocycles. The van der Waals surface area contributed by atoms with E-state index in [0.717, 1.165) is 0 Å². The highest BCUT2D eigenvalue weighted by molar-refractivity contribution is 5.99. The van der Waals surface area contributed by atoms with Crippen LogP contribution >= 0.6 is 0 Å². The van der Waals surface area contributed by atoms with E-state index < -0.39 is 0 Å². The topological polar surface area (TPSA) is 76.9 Å². The number of hydrogen-bond acceptors (Lipinski definition) is 4. The highest BCUT2D eigenvalue weighted by Crippen LogP contribution is 2.11. The summed E-state index contributed by atoms with van der Waals surface area (Å²) in [5.74, 6) is 0.397. The van der Waals surface area contributed by atoms with E-state index in [-0.39, 0.29) is 17.7 Å². The Morgan fingerprint density at radius 3 is 2.71 bits per heavy atom. The minimum absolute atomic E-state index is 0.0663. The van der Waals surface area contributed by atoms with Gasteiger partial charge in [-0.3, -0.25) is 9.59 Å². The molecule has 1 heterocycles. The summed E-state index contributed by atoms with van der Waals surface area (Å²) < 4.78 is 1.73. The number of carbonyl (C=O) groups is 2. The average molecular weight is 286 g/mol. The van der Waals surface area contributed by atoms with Crippen molar-refractivity contribution in [3.8, 4) is 0 Å². The summed E-state index contributed by atoms with van der Waals surface area (Å²) in [4.78, 5) is 27.8. The molecule has 1 amide bonds. The zero-order chi connectivity index (χ0) is 15.4. The third kappa shape index (κ3) is 3.34. The van der Waals surface area contributed by atoms with Crippen molar-refractivity contribution >= 4 is 11.7 Å². The molecule has 110 valence electrons. The van der Waals surface area contributed by atoms with Crippen LogP contribution in [0.3, 0.4) is 0 Å². The molecule has 1 atom stereocenters. The highest BCUT2D eigenvalue weighted by atomic mass is 16.1. The van der Waals surface area contributed by atoms with Crippen molar-refractivity contribution in [2.75, 3.05) is 0 Å². The Morgan fingerprint density at radius 1 is 1.33 bits per heavy atom. The number of aryl methyl sites for hydroxylation is 1. The number of nitrogens with zero attached hydrogens (tertiary/aromatic N) is 3. The first kappa shape index (κ1) is 14.9. The van der Waals surface area contributed by atoms with E-state index in [0.29, 0.717) is 23.5 Å². The van der Waals surface area contributed by atoms with Crippen molar-refractivity contribution in [2.24, 2.45) is 0 Å². The predicted molar refractivity (Wildman–Crippen MR) is 78.0 cm³/mol. The summed E-state index contributed by atoms with van der Waals surface area (Å²) in [6.45, 7) is 5.98. The lowest BCUT2D eigenvalue weighted by molar-refractivity contribution is 0.0937. The number of nitrogens with one attached hydrogen (secondary N) is 1. The molecule has 0 saturated carbocycles. The molecule has 2 aromatic rings. The minimum atomic E-state index is -0.263. The molecule has 1 aromatic carbocycles. The average Bonchev–Trinajstić information content (AvgIpc) is 2.95. The second-order valence-corrected chi connectivity index (χ2v) is 4.77. The standard InChI is InChI=1S/C15H18N4O2/c1-4-19-14(16-9-17-19)10(2)18-15(21)13-7-5-6-12(8-13)11(3)20/h5-10H,4H2,1-3H3,(H,18,21)/t10-/m0/s1. The molecule has 0 fully saturated rings.